The molecular weight excluding hydrogens is 534 g/mol. The molecule has 0 saturated heterocycles. The van der Waals surface area contributed by atoms with Gasteiger partial charge in [0, 0.05) is 25.1 Å². The molecule has 0 radical (unpaired) electrons. The summed E-state index contributed by atoms with van der Waals surface area (Å²) in [5, 5.41) is 12.6. The number of benzene rings is 1. The Morgan fingerprint density at radius 3 is 1.86 bits per heavy atom. The smallest absolute Gasteiger partial charge is 0.410 e. The van der Waals surface area contributed by atoms with Crippen molar-refractivity contribution in [3.63, 3.8) is 0 Å². The molecule has 0 fully saturated rings. The number of carbonyl (C=O) groups is 4. The number of carbonyl (C=O) groups excluding carboxylic acids is 3. The number of amides is 3. The van der Waals surface area contributed by atoms with Crippen LogP contribution in [-0.4, -0.2) is 76.6 Å². The monoisotopic (exact) mass is 587 g/mol. The van der Waals surface area contributed by atoms with Crippen molar-refractivity contribution in [2.75, 3.05) is 14.1 Å². The molecule has 2 N–H and O–H groups in total. The van der Waals surface area contributed by atoms with Crippen LogP contribution >= 0.6 is 0 Å². The van der Waals surface area contributed by atoms with Gasteiger partial charge in [0.25, 0.3) is 0 Å². The Hall–Kier alpha value is -3.36. The van der Waals surface area contributed by atoms with Crippen LogP contribution in [0, 0.1) is 11.3 Å². The zero-order valence-corrected chi connectivity index (χ0v) is 27.9. The molecule has 3 atom stereocenters. The van der Waals surface area contributed by atoms with Gasteiger partial charge in [-0.25, -0.2) is 9.59 Å². The minimum absolute atomic E-state index is 0.0840. The first-order chi connectivity index (χ1) is 19.1. The number of nitrogens with one attached hydrogen (secondary N) is 1. The highest BCUT2D eigenvalue weighted by molar-refractivity contribution is 5.93. The summed E-state index contributed by atoms with van der Waals surface area (Å²) in [5.74, 6) is -1.97. The molecule has 0 aliphatic rings. The fourth-order valence-corrected chi connectivity index (χ4v) is 4.97. The molecule has 0 aliphatic heterocycles. The first-order valence-corrected chi connectivity index (χ1v) is 14.6. The second-order valence-corrected chi connectivity index (χ2v) is 13.9. The lowest BCUT2D eigenvalue weighted by atomic mass is 9.76. The van der Waals surface area contributed by atoms with E-state index in [1.54, 1.807) is 40.8 Å². The lowest BCUT2D eigenvalue weighted by Gasteiger charge is -2.42. The molecule has 236 valence electrons. The van der Waals surface area contributed by atoms with E-state index in [2.05, 4.69) is 5.32 Å². The summed E-state index contributed by atoms with van der Waals surface area (Å²) in [7, 11) is 3.16. The Kier molecular flexibility index (Phi) is 12.4. The van der Waals surface area contributed by atoms with E-state index in [-0.39, 0.29) is 17.4 Å². The third kappa shape index (κ3) is 9.60. The molecule has 9 heteroatoms. The molecule has 0 saturated carbocycles. The molecule has 1 rings (SSSR count). The van der Waals surface area contributed by atoms with Crippen LogP contribution in [0.15, 0.2) is 42.0 Å². The van der Waals surface area contributed by atoms with Gasteiger partial charge >= 0.3 is 12.1 Å². The van der Waals surface area contributed by atoms with Crippen molar-refractivity contribution in [3.8, 4) is 0 Å². The van der Waals surface area contributed by atoms with Crippen LogP contribution in [0.25, 0.3) is 0 Å². The standard InChI is InChI=1S/C33H53N3O6/c1-14-22(29(39)40)20-24(21(2)3)35(12)28(38)25(31(4,5)6)34-27(37)26(36(13)30(41)42-32(7,8)9)33(10,11)23-18-16-15-17-19-23/h15-21,24-26H,14H2,1-13H3,(H,34,37)(H,39,40)/t24-,25-,26-/m1/s1. The first-order valence-electron chi connectivity index (χ1n) is 14.6. The highest BCUT2D eigenvalue weighted by atomic mass is 16.6. The van der Waals surface area contributed by atoms with Gasteiger partial charge in [0.1, 0.15) is 17.7 Å². The average molecular weight is 588 g/mol. The van der Waals surface area contributed by atoms with E-state index in [4.69, 9.17) is 4.74 Å². The van der Waals surface area contributed by atoms with Crippen LogP contribution in [0.3, 0.4) is 0 Å². The number of hydrogen-bond acceptors (Lipinski definition) is 5. The van der Waals surface area contributed by atoms with Crippen LogP contribution in [0.4, 0.5) is 4.79 Å². The summed E-state index contributed by atoms with van der Waals surface area (Å²) in [6.45, 7) is 20.2. The summed E-state index contributed by atoms with van der Waals surface area (Å²) in [4.78, 5) is 56.1. The Morgan fingerprint density at radius 2 is 1.45 bits per heavy atom. The van der Waals surface area contributed by atoms with Gasteiger partial charge < -0.3 is 20.1 Å². The van der Waals surface area contributed by atoms with Crippen molar-refractivity contribution < 1.29 is 29.0 Å². The van der Waals surface area contributed by atoms with E-state index in [1.165, 1.54) is 16.8 Å². The van der Waals surface area contributed by atoms with Crippen molar-refractivity contribution in [3.05, 3.63) is 47.5 Å². The Balaban J connectivity index is 3.61. The zero-order valence-electron chi connectivity index (χ0n) is 27.9. The molecule has 3 amide bonds. The predicted octanol–water partition coefficient (Wildman–Crippen LogP) is 5.63. The van der Waals surface area contributed by atoms with Crippen molar-refractivity contribution >= 4 is 23.9 Å². The quantitative estimate of drug-likeness (QED) is 0.324. The van der Waals surface area contributed by atoms with Gasteiger partial charge in [-0.3, -0.25) is 14.5 Å². The number of carboxylic acids is 1. The summed E-state index contributed by atoms with van der Waals surface area (Å²) in [6.07, 6.45) is 1.27. The largest absolute Gasteiger partial charge is 0.478 e. The van der Waals surface area contributed by atoms with Crippen molar-refractivity contribution in [1.82, 2.24) is 15.1 Å². The normalized spacial score (nSPS) is 15.0. The van der Waals surface area contributed by atoms with Crippen molar-refractivity contribution in [1.29, 1.82) is 0 Å². The van der Waals surface area contributed by atoms with E-state index in [0.717, 1.165) is 5.56 Å². The van der Waals surface area contributed by atoms with Crippen LogP contribution in [0.5, 0.6) is 0 Å². The second kappa shape index (κ2) is 14.2. The molecule has 1 aromatic carbocycles. The average Bonchev–Trinajstić information content (AvgIpc) is 2.85. The topological polar surface area (TPSA) is 116 Å². The Morgan fingerprint density at radius 1 is 0.929 bits per heavy atom. The van der Waals surface area contributed by atoms with E-state index in [1.807, 2.05) is 78.8 Å². The van der Waals surface area contributed by atoms with Crippen LogP contribution in [0.1, 0.15) is 88.1 Å². The van der Waals surface area contributed by atoms with Gasteiger partial charge in [0.2, 0.25) is 11.8 Å². The number of hydrogen-bond donors (Lipinski definition) is 2. The molecule has 0 heterocycles. The zero-order chi connectivity index (χ0) is 32.8. The first kappa shape index (κ1) is 36.7. The minimum Gasteiger partial charge on any atom is -0.478 e. The number of rotatable bonds is 11. The van der Waals surface area contributed by atoms with Crippen molar-refractivity contribution in [2.45, 2.75) is 112 Å². The van der Waals surface area contributed by atoms with E-state index < -0.39 is 52.5 Å². The summed E-state index contributed by atoms with van der Waals surface area (Å²) < 4.78 is 5.62. The molecule has 42 heavy (non-hydrogen) atoms. The lowest BCUT2D eigenvalue weighted by Crippen LogP contribution is -2.63. The molecule has 9 nitrogen and oxygen atoms in total. The van der Waals surface area contributed by atoms with E-state index in [9.17, 15) is 24.3 Å². The minimum atomic E-state index is -1.03. The highest BCUT2D eigenvalue weighted by Crippen LogP contribution is 2.32. The number of aliphatic carboxylic acids is 1. The van der Waals surface area contributed by atoms with Crippen LogP contribution in [0.2, 0.25) is 0 Å². The highest BCUT2D eigenvalue weighted by Gasteiger charge is 2.45. The summed E-state index contributed by atoms with van der Waals surface area (Å²) >= 11 is 0. The lowest BCUT2D eigenvalue weighted by molar-refractivity contribution is -0.142. The van der Waals surface area contributed by atoms with Gasteiger partial charge in [0.15, 0.2) is 0 Å². The van der Waals surface area contributed by atoms with Gasteiger partial charge in [-0.05, 0) is 44.1 Å². The third-order valence-electron chi connectivity index (χ3n) is 7.42. The second-order valence-electron chi connectivity index (χ2n) is 13.9. The number of carboxylic acid groups (broad SMARTS) is 1. The SMILES string of the molecule is CCC(=C[C@H](C(C)C)N(C)C(=O)[C@@H](NC(=O)[C@@H](N(C)C(=O)OC(C)(C)C)C(C)(C)c1ccccc1)C(C)(C)C)C(=O)O. The fraction of sp³-hybridized carbons (Fsp3) is 0.636. The Labute approximate surface area is 252 Å². The summed E-state index contributed by atoms with van der Waals surface area (Å²) in [5.41, 5.74) is -1.30. The predicted molar refractivity (Wildman–Crippen MR) is 166 cm³/mol. The van der Waals surface area contributed by atoms with Crippen LogP contribution in [-0.2, 0) is 24.5 Å². The maximum Gasteiger partial charge on any atom is 0.410 e. The molecule has 0 aliphatic carbocycles. The third-order valence-corrected chi connectivity index (χ3v) is 7.42. The Bertz CT molecular complexity index is 1130. The van der Waals surface area contributed by atoms with Crippen LogP contribution < -0.4 is 5.32 Å². The molecule has 0 spiro atoms. The number of ether oxygens (including phenoxy) is 1. The molecule has 0 bridgehead atoms. The van der Waals surface area contributed by atoms with E-state index in [0.29, 0.717) is 6.42 Å². The van der Waals surface area contributed by atoms with E-state index >= 15 is 0 Å². The van der Waals surface area contributed by atoms with Crippen molar-refractivity contribution in [2.24, 2.45) is 11.3 Å². The van der Waals surface area contributed by atoms with Gasteiger partial charge in [-0.15, -0.1) is 0 Å². The fourth-order valence-electron chi connectivity index (χ4n) is 4.97. The van der Waals surface area contributed by atoms with Gasteiger partial charge in [-0.2, -0.15) is 0 Å². The maximum atomic E-state index is 14.3. The molecular formula is C33H53N3O6. The maximum absolute atomic E-state index is 14.3. The van der Waals surface area contributed by atoms with Gasteiger partial charge in [0.05, 0.1) is 6.04 Å². The molecule has 0 aromatic heterocycles. The molecule has 0 unspecified atom stereocenters. The number of nitrogens with zero attached hydrogens (tertiary/aromatic N) is 2. The van der Waals surface area contributed by atoms with Gasteiger partial charge in [-0.1, -0.05) is 91.8 Å². The number of likely N-dealkylation sites (N-methyl/N-ethyl adjacent to an activating group) is 2. The summed E-state index contributed by atoms with van der Waals surface area (Å²) in [6, 6.07) is 6.91. The molecule has 1 aromatic rings.